The van der Waals surface area contributed by atoms with E-state index in [1.165, 1.54) is 0 Å². The second kappa shape index (κ2) is 6.19. The van der Waals surface area contributed by atoms with E-state index in [2.05, 4.69) is 5.32 Å². The number of hydrogen-bond acceptors (Lipinski definition) is 2. The molecule has 0 saturated heterocycles. The van der Waals surface area contributed by atoms with Crippen LogP contribution in [0, 0.1) is 0 Å². The molecule has 110 valence electrons. The van der Waals surface area contributed by atoms with Gasteiger partial charge in [-0.25, -0.2) is 0 Å². The van der Waals surface area contributed by atoms with Crippen molar-refractivity contribution in [2.45, 2.75) is 19.4 Å². The number of rotatable bonds is 4. The minimum absolute atomic E-state index is 0.145. The topological polar surface area (TPSA) is 38.3 Å². The molecule has 3 nitrogen and oxygen atoms in total. The zero-order chi connectivity index (χ0) is 15.5. The molecule has 2 aromatic rings. The molecule has 0 bridgehead atoms. The number of halogens is 1. The van der Waals surface area contributed by atoms with Crippen molar-refractivity contribution in [1.29, 1.82) is 0 Å². The van der Waals surface area contributed by atoms with Crippen LogP contribution in [0.3, 0.4) is 0 Å². The maximum atomic E-state index is 12.4. The number of carbonyl (C=O) groups is 1. The fraction of sp³-hybridized carbons (Fsp3) is 0.235. The number of methoxy groups -OCH3 is 1. The first kappa shape index (κ1) is 15.4. The van der Waals surface area contributed by atoms with Crippen LogP contribution in [0.2, 0.25) is 5.02 Å². The first-order valence-electron chi connectivity index (χ1n) is 6.65. The molecule has 0 aliphatic rings. The van der Waals surface area contributed by atoms with Gasteiger partial charge in [-0.2, -0.15) is 0 Å². The monoisotopic (exact) mass is 303 g/mol. The number of ether oxygens (including phenoxy) is 1. The molecule has 0 atom stereocenters. The van der Waals surface area contributed by atoms with Gasteiger partial charge in [0, 0.05) is 10.6 Å². The van der Waals surface area contributed by atoms with Crippen LogP contribution in [-0.2, 0) is 5.54 Å². The fourth-order valence-corrected chi connectivity index (χ4v) is 2.19. The van der Waals surface area contributed by atoms with Gasteiger partial charge >= 0.3 is 0 Å². The third-order valence-electron chi connectivity index (χ3n) is 3.32. The summed E-state index contributed by atoms with van der Waals surface area (Å²) in [6.45, 7) is 3.91. The molecule has 0 spiro atoms. The smallest absolute Gasteiger partial charge is 0.252 e. The second-order valence-electron chi connectivity index (χ2n) is 5.32. The Labute approximate surface area is 129 Å². The lowest BCUT2D eigenvalue weighted by Crippen LogP contribution is -2.40. The normalized spacial score (nSPS) is 11.0. The molecule has 2 aromatic carbocycles. The van der Waals surface area contributed by atoms with Crippen LogP contribution >= 0.6 is 11.6 Å². The summed E-state index contributed by atoms with van der Waals surface area (Å²) in [5.74, 6) is 0.515. The highest BCUT2D eigenvalue weighted by Crippen LogP contribution is 2.23. The standard InChI is InChI=1S/C17H18ClNO2/c1-17(2,13-7-9-14(18)10-8-13)19-16(20)12-5-4-6-15(11-12)21-3/h4-11H,1-3H3,(H,19,20). The lowest BCUT2D eigenvalue weighted by Gasteiger charge is -2.27. The van der Waals surface area contributed by atoms with E-state index in [0.717, 1.165) is 5.56 Å². The lowest BCUT2D eigenvalue weighted by molar-refractivity contribution is 0.0911. The maximum Gasteiger partial charge on any atom is 0.252 e. The van der Waals surface area contributed by atoms with Crippen LogP contribution in [-0.4, -0.2) is 13.0 Å². The van der Waals surface area contributed by atoms with Gasteiger partial charge in [0.15, 0.2) is 0 Å². The summed E-state index contributed by atoms with van der Waals surface area (Å²) >= 11 is 5.90. The van der Waals surface area contributed by atoms with Crippen molar-refractivity contribution in [3.63, 3.8) is 0 Å². The summed E-state index contributed by atoms with van der Waals surface area (Å²) in [6.07, 6.45) is 0. The van der Waals surface area contributed by atoms with Crippen molar-refractivity contribution >= 4 is 17.5 Å². The third-order valence-corrected chi connectivity index (χ3v) is 3.58. The average Bonchev–Trinajstić information content (AvgIpc) is 2.47. The molecule has 4 heteroatoms. The Balaban J connectivity index is 2.19. The van der Waals surface area contributed by atoms with E-state index in [0.29, 0.717) is 16.3 Å². The zero-order valence-corrected chi connectivity index (χ0v) is 13.1. The van der Waals surface area contributed by atoms with Crippen LogP contribution in [0.5, 0.6) is 5.75 Å². The van der Waals surface area contributed by atoms with Gasteiger partial charge in [0.2, 0.25) is 0 Å². The van der Waals surface area contributed by atoms with E-state index >= 15 is 0 Å². The summed E-state index contributed by atoms with van der Waals surface area (Å²) in [5.41, 5.74) is 1.06. The highest BCUT2D eigenvalue weighted by Gasteiger charge is 2.23. The van der Waals surface area contributed by atoms with Crippen LogP contribution in [0.4, 0.5) is 0 Å². The van der Waals surface area contributed by atoms with Crippen molar-refractivity contribution in [2.24, 2.45) is 0 Å². The molecular weight excluding hydrogens is 286 g/mol. The molecule has 0 aromatic heterocycles. The van der Waals surface area contributed by atoms with Crippen molar-refractivity contribution in [2.75, 3.05) is 7.11 Å². The Kier molecular flexibility index (Phi) is 4.53. The van der Waals surface area contributed by atoms with E-state index in [1.807, 2.05) is 38.1 Å². The molecule has 2 rings (SSSR count). The summed E-state index contributed by atoms with van der Waals surface area (Å²) < 4.78 is 5.14. The second-order valence-corrected chi connectivity index (χ2v) is 5.75. The third kappa shape index (κ3) is 3.76. The Hall–Kier alpha value is -2.00. The summed E-state index contributed by atoms with van der Waals surface area (Å²) in [7, 11) is 1.58. The van der Waals surface area contributed by atoms with Gasteiger partial charge < -0.3 is 10.1 Å². The Morgan fingerprint density at radius 1 is 1.14 bits per heavy atom. The highest BCUT2D eigenvalue weighted by atomic mass is 35.5. The Bertz CT molecular complexity index is 635. The van der Waals surface area contributed by atoms with Crippen molar-refractivity contribution < 1.29 is 9.53 Å². The van der Waals surface area contributed by atoms with E-state index in [-0.39, 0.29) is 5.91 Å². The Morgan fingerprint density at radius 2 is 1.81 bits per heavy atom. The quantitative estimate of drug-likeness (QED) is 0.926. The first-order valence-corrected chi connectivity index (χ1v) is 7.03. The van der Waals surface area contributed by atoms with Crippen molar-refractivity contribution in [3.05, 3.63) is 64.7 Å². The molecule has 0 radical (unpaired) electrons. The van der Waals surface area contributed by atoms with E-state index in [4.69, 9.17) is 16.3 Å². The molecule has 0 heterocycles. The molecule has 1 N–H and O–H groups in total. The molecule has 21 heavy (non-hydrogen) atoms. The maximum absolute atomic E-state index is 12.4. The van der Waals surface area contributed by atoms with Crippen LogP contribution in [0.25, 0.3) is 0 Å². The van der Waals surface area contributed by atoms with Crippen molar-refractivity contribution in [3.8, 4) is 5.75 Å². The average molecular weight is 304 g/mol. The van der Waals surface area contributed by atoms with Crippen molar-refractivity contribution in [1.82, 2.24) is 5.32 Å². The molecule has 0 aliphatic heterocycles. The lowest BCUT2D eigenvalue weighted by atomic mass is 9.94. The zero-order valence-electron chi connectivity index (χ0n) is 12.3. The molecular formula is C17H18ClNO2. The summed E-state index contributed by atoms with van der Waals surface area (Å²) in [5, 5.41) is 3.70. The SMILES string of the molecule is COc1cccc(C(=O)NC(C)(C)c2ccc(Cl)cc2)c1. The number of amides is 1. The number of nitrogens with one attached hydrogen (secondary N) is 1. The van der Waals surface area contributed by atoms with Gasteiger partial charge in [-0.3, -0.25) is 4.79 Å². The van der Waals surface area contributed by atoms with E-state index < -0.39 is 5.54 Å². The van der Waals surface area contributed by atoms with Gasteiger partial charge in [-0.05, 0) is 49.7 Å². The fourth-order valence-electron chi connectivity index (χ4n) is 2.06. The van der Waals surface area contributed by atoms with Crippen LogP contribution in [0.1, 0.15) is 29.8 Å². The first-order chi connectivity index (χ1) is 9.92. The van der Waals surface area contributed by atoms with Crippen LogP contribution in [0.15, 0.2) is 48.5 Å². The van der Waals surface area contributed by atoms with Gasteiger partial charge in [0.05, 0.1) is 12.6 Å². The largest absolute Gasteiger partial charge is 0.497 e. The van der Waals surface area contributed by atoms with Gasteiger partial charge in [-0.15, -0.1) is 0 Å². The molecule has 1 amide bonds. The predicted octanol–water partition coefficient (Wildman–Crippen LogP) is 4.01. The number of carbonyl (C=O) groups excluding carboxylic acids is 1. The number of benzene rings is 2. The summed E-state index contributed by atoms with van der Waals surface area (Å²) in [6, 6.07) is 14.5. The molecule has 0 aliphatic carbocycles. The summed E-state index contributed by atoms with van der Waals surface area (Å²) in [4.78, 5) is 12.4. The van der Waals surface area contributed by atoms with Crippen LogP contribution < -0.4 is 10.1 Å². The van der Waals surface area contributed by atoms with Gasteiger partial charge in [0.25, 0.3) is 5.91 Å². The highest BCUT2D eigenvalue weighted by molar-refractivity contribution is 6.30. The minimum atomic E-state index is -0.495. The van der Waals surface area contributed by atoms with Gasteiger partial charge in [0.1, 0.15) is 5.75 Å². The molecule has 0 unspecified atom stereocenters. The Morgan fingerprint density at radius 3 is 2.43 bits per heavy atom. The number of hydrogen-bond donors (Lipinski definition) is 1. The van der Waals surface area contributed by atoms with E-state index in [9.17, 15) is 4.79 Å². The molecule has 0 fully saturated rings. The van der Waals surface area contributed by atoms with E-state index in [1.54, 1.807) is 31.4 Å². The van der Waals surface area contributed by atoms with Gasteiger partial charge in [-0.1, -0.05) is 29.8 Å². The molecule has 0 saturated carbocycles. The minimum Gasteiger partial charge on any atom is -0.497 e. The predicted molar refractivity (Wildman–Crippen MR) is 84.9 cm³/mol.